The molecule has 0 atom stereocenters. The molecular formula is C15H11ClF3N5O. The van der Waals surface area contributed by atoms with Gasteiger partial charge in [0.05, 0.1) is 18.4 Å². The Bertz CT molecular complexity index is 972. The van der Waals surface area contributed by atoms with E-state index in [4.69, 9.17) is 16.3 Å². The summed E-state index contributed by atoms with van der Waals surface area (Å²) >= 11 is 6.26. The normalized spacial score (nSPS) is 14.5. The molecule has 0 saturated carbocycles. The van der Waals surface area contributed by atoms with Gasteiger partial charge in [0.1, 0.15) is 18.0 Å². The number of pyridine rings is 1. The maximum absolute atomic E-state index is 12.9. The third-order valence-corrected chi connectivity index (χ3v) is 4.19. The first-order chi connectivity index (χ1) is 11.9. The molecule has 0 bridgehead atoms. The maximum atomic E-state index is 12.9. The van der Waals surface area contributed by atoms with Gasteiger partial charge in [0.2, 0.25) is 0 Å². The maximum Gasteiger partial charge on any atom is 0.433 e. The van der Waals surface area contributed by atoms with E-state index in [0.717, 1.165) is 12.3 Å². The van der Waals surface area contributed by atoms with Crippen molar-refractivity contribution in [2.45, 2.75) is 6.18 Å². The van der Waals surface area contributed by atoms with Crippen molar-refractivity contribution in [1.82, 2.24) is 19.6 Å². The smallest absolute Gasteiger partial charge is 0.433 e. The van der Waals surface area contributed by atoms with Gasteiger partial charge in [-0.15, -0.1) is 0 Å². The molecule has 0 amide bonds. The van der Waals surface area contributed by atoms with Crippen LogP contribution >= 0.6 is 11.6 Å². The molecule has 0 fully saturated rings. The molecule has 25 heavy (non-hydrogen) atoms. The molecule has 3 aromatic heterocycles. The summed E-state index contributed by atoms with van der Waals surface area (Å²) < 4.78 is 45.8. The van der Waals surface area contributed by atoms with E-state index < -0.39 is 11.9 Å². The highest BCUT2D eigenvalue weighted by molar-refractivity contribution is 6.32. The van der Waals surface area contributed by atoms with E-state index in [0.29, 0.717) is 35.9 Å². The Kier molecular flexibility index (Phi) is 3.50. The predicted octanol–water partition coefficient (Wildman–Crippen LogP) is 3.29. The van der Waals surface area contributed by atoms with Crippen LogP contribution in [-0.4, -0.2) is 39.8 Å². The number of likely N-dealkylation sites (N-methyl/N-ethyl adjacent to an activating group) is 1. The lowest BCUT2D eigenvalue weighted by Crippen LogP contribution is -2.30. The standard InChI is InChI=1S/C15H11ClF3N5O/c1-23-4-5-25-12-11(23)13(16)22-24-9(7-21-14(12)24)8-2-3-20-10(6-8)15(17,18)19/h2-3,6-7H,4-5H2,1H3. The molecule has 0 unspecified atom stereocenters. The number of halogens is 4. The van der Waals surface area contributed by atoms with Crippen LogP contribution < -0.4 is 9.64 Å². The van der Waals surface area contributed by atoms with E-state index in [1.54, 1.807) is 0 Å². The zero-order valence-corrected chi connectivity index (χ0v) is 13.6. The molecule has 10 heteroatoms. The third-order valence-electron chi connectivity index (χ3n) is 3.94. The Morgan fingerprint density at radius 3 is 2.84 bits per heavy atom. The molecule has 0 N–H and O–H groups in total. The first-order valence-corrected chi connectivity index (χ1v) is 7.69. The molecule has 130 valence electrons. The van der Waals surface area contributed by atoms with Crippen molar-refractivity contribution in [1.29, 1.82) is 0 Å². The number of hydrogen-bond donors (Lipinski definition) is 0. The second-order valence-corrected chi connectivity index (χ2v) is 5.90. The summed E-state index contributed by atoms with van der Waals surface area (Å²) in [5.41, 5.74) is 0.668. The van der Waals surface area contributed by atoms with Gasteiger partial charge in [0, 0.05) is 18.8 Å². The lowest BCUT2D eigenvalue weighted by molar-refractivity contribution is -0.141. The van der Waals surface area contributed by atoms with Crippen molar-refractivity contribution < 1.29 is 17.9 Å². The topological polar surface area (TPSA) is 55.5 Å². The van der Waals surface area contributed by atoms with Crippen molar-refractivity contribution in [3.63, 3.8) is 0 Å². The zero-order valence-electron chi connectivity index (χ0n) is 12.9. The highest BCUT2D eigenvalue weighted by Crippen LogP contribution is 2.40. The van der Waals surface area contributed by atoms with Crippen molar-refractivity contribution in [2.75, 3.05) is 25.1 Å². The number of imidazole rings is 1. The van der Waals surface area contributed by atoms with Crippen LogP contribution in [0, 0.1) is 0 Å². The van der Waals surface area contributed by atoms with Crippen molar-refractivity contribution in [3.8, 4) is 17.0 Å². The molecule has 0 spiro atoms. The zero-order chi connectivity index (χ0) is 17.8. The highest BCUT2D eigenvalue weighted by atomic mass is 35.5. The number of alkyl halides is 3. The molecule has 4 rings (SSSR count). The number of fused-ring (bicyclic) bond motifs is 3. The number of hydrogen-bond acceptors (Lipinski definition) is 5. The summed E-state index contributed by atoms with van der Waals surface area (Å²) in [6.07, 6.45) is -2.00. The van der Waals surface area contributed by atoms with Crippen LogP contribution in [0.2, 0.25) is 5.15 Å². The van der Waals surface area contributed by atoms with Gasteiger partial charge in [-0.25, -0.2) is 9.50 Å². The Hall–Kier alpha value is -2.55. The van der Waals surface area contributed by atoms with Crippen LogP contribution in [0.25, 0.3) is 16.9 Å². The van der Waals surface area contributed by atoms with Crippen LogP contribution in [0.5, 0.6) is 5.75 Å². The number of anilines is 1. The minimum absolute atomic E-state index is 0.189. The molecule has 1 aliphatic heterocycles. The highest BCUT2D eigenvalue weighted by Gasteiger charge is 2.33. The molecule has 3 aromatic rings. The van der Waals surface area contributed by atoms with Gasteiger partial charge in [0.25, 0.3) is 0 Å². The van der Waals surface area contributed by atoms with Crippen LogP contribution in [0.3, 0.4) is 0 Å². The van der Waals surface area contributed by atoms with Gasteiger partial charge in [-0.1, -0.05) is 11.6 Å². The molecule has 4 heterocycles. The van der Waals surface area contributed by atoms with Crippen molar-refractivity contribution in [3.05, 3.63) is 35.4 Å². The minimum atomic E-state index is -4.54. The lowest BCUT2D eigenvalue weighted by atomic mass is 10.2. The van der Waals surface area contributed by atoms with Gasteiger partial charge in [-0.3, -0.25) is 4.98 Å². The molecule has 0 radical (unpaired) electrons. The van der Waals surface area contributed by atoms with Gasteiger partial charge >= 0.3 is 6.18 Å². The molecular weight excluding hydrogens is 359 g/mol. The summed E-state index contributed by atoms with van der Waals surface area (Å²) in [4.78, 5) is 9.53. The van der Waals surface area contributed by atoms with Crippen LogP contribution in [-0.2, 0) is 6.18 Å². The van der Waals surface area contributed by atoms with Crippen molar-refractivity contribution in [2.24, 2.45) is 0 Å². The second-order valence-electron chi connectivity index (χ2n) is 5.54. The lowest BCUT2D eigenvalue weighted by Gasteiger charge is -2.28. The van der Waals surface area contributed by atoms with Gasteiger partial charge in [-0.2, -0.15) is 18.3 Å². The summed E-state index contributed by atoms with van der Waals surface area (Å²) in [5, 5.41) is 4.45. The molecule has 1 aliphatic rings. The fourth-order valence-corrected chi connectivity index (χ4v) is 3.04. The minimum Gasteiger partial charge on any atom is -0.486 e. The average Bonchev–Trinajstić information content (AvgIpc) is 2.98. The average molecular weight is 370 g/mol. The Morgan fingerprint density at radius 1 is 1.28 bits per heavy atom. The Morgan fingerprint density at radius 2 is 2.08 bits per heavy atom. The largest absolute Gasteiger partial charge is 0.486 e. The van der Waals surface area contributed by atoms with Crippen LogP contribution in [0.1, 0.15) is 5.69 Å². The summed E-state index contributed by atoms with van der Waals surface area (Å²) in [6, 6.07) is 2.41. The molecule has 0 aromatic carbocycles. The molecule has 6 nitrogen and oxygen atoms in total. The number of rotatable bonds is 1. The number of nitrogens with zero attached hydrogens (tertiary/aromatic N) is 5. The predicted molar refractivity (Wildman–Crippen MR) is 85.0 cm³/mol. The van der Waals surface area contributed by atoms with Crippen LogP contribution in [0.15, 0.2) is 24.5 Å². The quantitative estimate of drug-likeness (QED) is 0.659. The first kappa shape index (κ1) is 15.9. The number of ether oxygens (including phenoxy) is 1. The molecule has 0 aliphatic carbocycles. The van der Waals surface area contributed by atoms with Crippen LogP contribution in [0.4, 0.5) is 18.9 Å². The first-order valence-electron chi connectivity index (χ1n) is 7.31. The van der Waals surface area contributed by atoms with Gasteiger partial charge < -0.3 is 9.64 Å². The van der Waals surface area contributed by atoms with E-state index in [2.05, 4.69) is 15.1 Å². The van der Waals surface area contributed by atoms with E-state index in [9.17, 15) is 13.2 Å². The Balaban J connectivity index is 1.92. The van der Waals surface area contributed by atoms with Gasteiger partial charge in [0.15, 0.2) is 16.5 Å². The van der Waals surface area contributed by atoms with E-state index in [1.807, 2.05) is 11.9 Å². The van der Waals surface area contributed by atoms with E-state index in [1.165, 1.54) is 16.8 Å². The van der Waals surface area contributed by atoms with E-state index in [-0.39, 0.29) is 10.7 Å². The van der Waals surface area contributed by atoms with Crippen molar-refractivity contribution >= 4 is 22.9 Å². The fourth-order valence-electron chi connectivity index (χ4n) is 2.74. The SMILES string of the molecule is CN1CCOc2c1c(Cl)nn1c(-c3ccnc(C(F)(F)F)c3)cnc21. The summed E-state index contributed by atoms with van der Waals surface area (Å²) in [6.45, 7) is 1.10. The fraction of sp³-hybridized carbons (Fsp3) is 0.267. The summed E-state index contributed by atoms with van der Waals surface area (Å²) in [7, 11) is 1.85. The third kappa shape index (κ3) is 2.55. The number of aromatic nitrogens is 4. The summed E-state index contributed by atoms with van der Waals surface area (Å²) in [5.74, 6) is 0.463. The molecule has 0 saturated heterocycles. The van der Waals surface area contributed by atoms with Gasteiger partial charge in [-0.05, 0) is 12.1 Å². The monoisotopic (exact) mass is 369 g/mol. The second kappa shape index (κ2) is 5.48. The van der Waals surface area contributed by atoms with E-state index >= 15 is 0 Å². The Labute approximate surface area is 144 Å².